The number of rotatable bonds is 5. The van der Waals surface area contributed by atoms with Crippen LogP contribution < -0.4 is 10.2 Å². The van der Waals surface area contributed by atoms with Gasteiger partial charge in [0.1, 0.15) is 6.54 Å². The molecule has 0 radical (unpaired) electrons. The molecular formula is C19H19ClN2O4. The van der Waals surface area contributed by atoms with Crippen LogP contribution in [-0.2, 0) is 14.3 Å². The van der Waals surface area contributed by atoms with Crippen LogP contribution in [0.1, 0.15) is 22.8 Å². The van der Waals surface area contributed by atoms with Gasteiger partial charge in [0.05, 0.1) is 12.7 Å². The largest absolute Gasteiger partial charge is 0.465 e. The third-order valence-electron chi connectivity index (χ3n) is 3.72. The van der Waals surface area contributed by atoms with Gasteiger partial charge in [0, 0.05) is 23.3 Å². The Balaban J connectivity index is 2.17. The highest BCUT2D eigenvalue weighted by Gasteiger charge is 2.18. The number of benzene rings is 2. The maximum Gasteiger partial charge on any atom is 0.337 e. The Labute approximate surface area is 156 Å². The van der Waals surface area contributed by atoms with Gasteiger partial charge in [-0.25, -0.2) is 4.79 Å². The van der Waals surface area contributed by atoms with E-state index in [0.717, 1.165) is 5.56 Å². The maximum absolute atomic E-state index is 12.3. The molecule has 2 rings (SSSR count). The van der Waals surface area contributed by atoms with Crippen LogP contribution in [0.25, 0.3) is 0 Å². The normalized spacial score (nSPS) is 10.2. The Morgan fingerprint density at radius 1 is 1.15 bits per heavy atom. The Bertz CT molecular complexity index is 851. The van der Waals surface area contributed by atoms with Crippen LogP contribution in [0, 0.1) is 6.92 Å². The molecule has 7 heteroatoms. The smallest absolute Gasteiger partial charge is 0.337 e. The summed E-state index contributed by atoms with van der Waals surface area (Å²) in [6.45, 7) is 3.01. The van der Waals surface area contributed by atoms with Crippen LogP contribution in [0.3, 0.4) is 0 Å². The van der Waals surface area contributed by atoms with E-state index in [-0.39, 0.29) is 18.4 Å². The van der Waals surface area contributed by atoms with E-state index in [4.69, 9.17) is 11.6 Å². The second-order valence-corrected chi connectivity index (χ2v) is 6.07. The fourth-order valence-electron chi connectivity index (χ4n) is 2.32. The summed E-state index contributed by atoms with van der Waals surface area (Å²) in [5, 5.41) is 3.24. The van der Waals surface area contributed by atoms with Crippen LogP contribution >= 0.6 is 11.6 Å². The molecule has 136 valence electrons. The summed E-state index contributed by atoms with van der Waals surface area (Å²) in [5.74, 6) is -1.23. The number of ether oxygens (including phenoxy) is 1. The van der Waals surface area contributed by atoms with E-state index in [1.54, 1.807) is 36.4 Å². The summed E-state index contributed by atoms with van der Waals surface area (Å²) >= 11 is 6.05. The van der Waals surface area contributed by atoms with E-state index in [9.17, 15) is 14.4 Å². The lowest BCUT2D eigenvalue weighted by Gasteiger charge is -2.21. The first-order chi connectivity index (χ1) is 12.3. The van der Waals surface area contributed by atoms with Gasteiger partial charge in [-0.05, 0) is 42.8 Å². The molecule has 0 heterocycles. The quantitative estimate of drug-likeness (QED) is 0.813. The van der Waals surface area contributed by atoms with Crippen LogP contribution in [-0.4, -0.2) is 31.4 Å². The third kappa shape index (κ3) is 4.83. The van der Waals surface area contributed by atoms with Gasteiger partial charge < -0.3 is 15.0 Å². The molecule has 0 aliphatic heterocycles. The topological polar surface area (TPSA) is 75.7 Å². The van der Waals surface area contributed by atoms with E-state index >= 15 is 0 Å². The molecule has 0 fully saturated rings. The SMILES string of the molecule is COC(=O)c1cccc(N(CC(=O)Nc2ccc(C)c(Cl)c2)C(C)=O)c1. The second-order valence-electron chi connectivity index (χ2n) is 5.66. The number of anilines is 2. The summed E-state index contributed by atoms with van der Waals surface area (Å²) in [6, 6.07) is 11.5. The Kier molecular flexibility index (Phi) is 6.36. The molecule has 2 aromatic carbocycles. The zero-order chi connectivity index (χ0) is 19.3. The molecule has 0 aliphatic carbocycles. The van der Waals surface area contributed by atoms with Crippen molar-refractivity contribution in [2.75, 3.05) is 23.9 Å². The van der Waals surface area contributed by atoms with Gasteiger partial charge in [0.25, 0.3) is 0 Å². The molecule has 0 saturated carbocycles. The van der Waals surface area contributed by atoms with Gasteiger partial charge in [-0.1, -0.05) is 23.7 Å². The number of esters is 1. The van der Waals surface area contributed by atoms with E-state index in [0.29, 0.717) is 22.0 Å². The highest BCUT2D eigenvalue weighted by atomic mass is 35.5. The second kappa shape index (κ2) is 8.49. The molecule has 0 spiro atoms. The first-order valence-corrected chi connectivity index (χ1v) is 8.22. The molecule has 2 aromatic rings. The fraction of sp³-hybridized carbons (Fsp3) is 0.211. The minimum atomic E-state index is -0.519. The van der Waals surface area contributed by atoms with Crippen LogP contribution in [0.2, 0.25) is 5.02 Å². The number of hydrogen-bond donors (Lipinski definition) is 1. The van der Waals surface area contributed by atoms with Crippen molar-refractivity contribution in [3.05, 3.63) is 58.6 Å². The number of nitrogens with one attached hydrogen (secondary N) is 1. The minimum absolute atomic E-state index is 0.203. The third-order valence-corrected chi connectivity index (χ3v) is 4.12. The van der Waals surface area contributed by atoms with Gasteiger partial charge in [-0.15, -0.1) is 0 Å². The van der Waals surface area contributed by atoms with Crippen LogP contribution in [0.15, 0.2) is 42.5 Å². The first-order valence-electron chi connectivity index (χ1n) is 7.84. The summed E-state index contributed by atoms with van der Waals surface area (Å²) in [4.78, 5) is 37.3. The molecule has 0 aromatic heterocycles. The van der Waals surface area contributed by atoms with Crippen molar-refractivity contribution in [2.24, 2.45) is 0 Å². The van der Waals surface area contributed by atoms with Crippen molar-refractivity contribution in [3.8, 4) is 0 Å². The molecule has 0 bridgehead atoms. The van der Waals surface area contributed by atoms with Gasteiger partial charge in [-0.2, -0.15) is 0 Å². The minimum Gasteiger partial charge on any atom is -0.465 e. The molecule has 0 atom stereocenters. The van der Waals surface area contributed by atoms with E-state index in [2.05, 4.69) is 10.1 Å². The average Bonchev–Trinajstić information content (AvgIpc) is 2.62. The van der Waals surface area contributed by atoms with E-state index in [1.165, 1.54) is 25.0 Å². The van der Waals surface area contributed by atoms with E-state index < -0.39 is 5.97 Å². The van der Waals surface area contributed by atoms with Crippen molar-refractivity contribution in [3.63, 3.8) is 0 Å². The van der Waals surface area contributed by atoms with Crippen LogP contribution in [0.5, 0.6) is 0 Å². The molecule has 0 unspecified atom stereocenters. The highest BCUT2D eigenvalue weighted by Crippen LogP contribution is 2.21. The summed E-state index contributed by atoms with van der Waals surface area (Å²) in [7, 11) is 1.28. The summed E-state index contributed by atoms with van der Waals surface area (Å²) in [6.07, 6.45) is 0. The lowest BCUT2D eigenvalue weighted by Crippen LogP contribution is -2.36. The standard InChI is InChI=1S/C19H19ClN2O4/c1-12-7-8-15(10-17(12)20)21-18(24)11-22(13(2)23)16-6-4-5-14(9-16)19(25)26-3/h4-10H,11H2,1-3H3,(H,21,24). The fourth-order valence-corrected chi connectivity index (χ4v) is 2.50. The number of carbonyl (C=O) groups is 3. The number of methoxy groups -OCH3 is 1. The van der Waals surface area contributed by atoms with Crippen molar-refractivity contribution in [2.45, 2.75) is 13.8 Å². The van der Waals surface area contributed by atoms with E-state index in [1.807, 2.05) is 6.92 Å². The average molecular weight is 375 g/mol. The first kappa shape index (κ1) is 19.5. The lowest BCUT2D eigenvalue weighted by molar-refractivity contribution is -0.120. The predicted octanol–water partition coefficient (Wildman–Crippen LogP) is 3.43. The maximum atomic E-state index is 12.3. The van der Waals surface area contributed by atoms with Gasteiger partial charge >= 0.3 is 5.97 Å². The molecular weight excluding hydrogens is 356 g/mol. The summed E-state index contributed by atoms with van der Waals surface area (Å²) < 4.78 is 4.68. The summed E-state index contributed by atoms with van der Waals surface area (Å²) in [5.41, 5.74) is 2.16. The van der Waals surface area contributed by atoms with Crippen molar-refractivity contribution in [1.82, 2.24) is 0 Å². The molecule has 1 N–H and O–H groups in total. The number of carbonyl (C=O) groups excluding carboxylic acids is 3. The van der Waals surface area contributed by atoms with Gasteiger partial charge in [0.15, 0.2) is 0 Å². The number of halogens is 1. The zero-order valence-electron chi connectivity index (χ0n) is 14.7. The van der Waals surface area contributed by atoms with Gasteiger partial charge in [0.2, 0.25) is 11.8 Å². The number of hydrogen-bond acceptors (Lipinski definition) is 4. The molecule has 2 amide bonds. The van der Waals surface area contributed by atoms with Crippen molar-refractivity contribution >= 4 is 40.8 Å². The molecule has 0 saturated heterocycles. The monoisotopic (exact) mass is 374 g/mol. The predicted molar refractivity (Wildman–Crippen MR) is 101 cm³/mol. The Hall–Kier alpha value is -2.86. The number of amides is 2. The van der Waals surface area contributed by atoms with Crippen molar-refractivity contribution < 1.29 is 19.1 Å². The number of nitrogens with zero attached hydrogens (tertiary/aromatic N) is 1. The highest BCUT2D eigenvalue weighted by molar-refractivity contribution is 6.31. The van der Waals surface area contributed by atoms with Gasteiger partial charge in [-0.3, -0.25) is 9.59 Å². The molecule has 6 nitrogen and oxygen atoms in total. The Morgan fingerprint density at radius 2 is 1.88 bits per heavy atom. The molecule has 0 aliphatic rings. The zero-order valence-corrected chi connectivity index (χ0v) is 15.5. The molecule has 26 heavy (non-hydrogen) atoms. The van der Waals surface area contributed by atoms with Crippen LogP contribution in [0.4, 0.5) is 11.4 Å². The lowest BCUT2D eigenvalue weighted by atomic mass is 10.2. The number of aryl methyl sites for hydroxylation is 1. The van der Waals surface area contributed by atoms with Crippen molar-refractivity contribution in [1.29, 1.82) is 0 Å². The Morgan fingerprint density at radius 3 is 2.50 bits per heavy atom.